The first-order valence-electron chi connectivity index (χ1n) is 3.33. The number of rotatable bonds is 3. The van der Waals surface area contributed by atoms with Crippen molar-refractivity contribution in [2.45, 2.75) is 33.0 Å². The first-order chi connectivity index (χ1) is 4.46. The van der Waals surface area contributed by atoms with Gasteiger partial charge in [-0.25, -0.2) is 0 Å². The molecular weight excluding hydrogens is 132 g/mol. The lowest BCUT2D eigenvalue weighted by molar-refractivity contribution is -0.132. The maximum absolute atomic E-state index is 10.5. The molecule has 0 aromatic heterocycles. The van der Waals surface area contributed by atoms with Gasteiger partial charge in [0.25, 0.3) is 0 Å². The van der Waals surface area contributed by atoms with E-state index < -0.39 is 12.2 Å². The normalized spacial score (nSPS) is 17.0. The Kier molecular flexibility index (Phi) is 3.53. The summed E-state index contributed by atoms with van der Waals surface area (Å²) < 4.78 is 0. The van der Waals surface area contributed by atoms with Gasteiger partial charge >= 0.3 is 0 Å². The molecule has 3 nitrogen and oxygen atoms in total. The minimum atomic E-state index is -1.22. The van der Waals surface area contributed by atoms with Crippen molar-refractivity contribution >= 4 is 5.78 Å². The molecule has 0 aromatic rings. The highest BCUT2D eigenvalue weighted by Gasteiger charge is 2.22. The van der Waals surface area contributed by atoms with Crippen LogP contribution in [0.15, 0.2) is 0 Å². The second-order valence-corrected chi connectivity index (χ2v) is 2.79. The molecule has 0 aliphatic rings. The number of aliphatic hydroxyl groups is 2. The molecule has 0 aliphatic heterocycles. The van der Waals surface area contributed by atoms with Gasteiger partial charge < -0.3 is 10.2 Å². The minimum Gasteiger partial charge on any atom is -0.390 e. The molecule has 0 fully saturated rings. The topological polar surface area (TPSA) is 57.5 Å². The zero-order chi connectivity index (χ0) is 8.31. The van der Waals surface area contributed by atoms with E-state index in [0.29, 0.717) is 0 Å². The van der Waals surface area contributed by atoms with Crippen LogP contribution in [0.1, 0.15) is 20.8 Å². The molecule has 0 amide bonds. The van der Waals surface area contributed by atoms with Gasteiger partial charge in [-0.1, -0.05) is 13.8 Å². The smallest absolute Gasteiger partial charge is 0.160 e. The van der Waals surface area contributed by atoms with E-state index in [1.165, 1.54) is 6.92 Å². The van der Waals surface area contributed by atoms with Gasteiger partial charge in [-0.3, -0.25) is 4.79 Å². The number of ketones is 1. The van der Waals surface area contributed by atoms with Crippen molar-refractivity contribution in [1.29, 1.82) is 0 Å². The van der Waals surface area contributed by atoms with Gasteiger partial charge in [0, 0.05) is 0 Å². The molecule has 0 aromatic carbocycles. The van der Waals surface area contributed by atoms with E-state index in [1.54, 1.807) is 13.8 Å². The summed E-state index contributed by atoms with van der Waals surface area (Å²) >= 11 is 0. The van der Waals surface area contributed by atoms with E-state index in [2.05, 4.69) is 0 Å². The van der Waals surface area contributed by atoms with E-state index in [1.807, 2.05) is 0 Å². The highest BCUT2D eigenvalue weighted by atomic mass is 16.3. The van der Waals surface area contributed by atoms with Crippen LogP contribution in [0.4, 0.5) is 0 Å². The zero-order valence-electron chi connectivity index (χ0n) is 6.53. The first-order valence-corrected chi connectivity index (χ1v) is 3.33. The largest absolute Gasteiger partial charge is 0.390 e. The fraction of sp³-hybridized carbons (Fsp3) is 0.857. The molecule has 3 heteroatoms. The van der Waals surface area contributed by atoms with Crippen LogP contribution in [0, 0.1) is 5.92 Å². The van der Waals surface area contributed by atoms with Crippen molar-refractivity contribution in [1.82, 2.24) is 0 Å². The van der Waals surface area contributed by atoms with Gasteiger partial charge in [-0.05, 0) is 12.8 Å². The van der Waals surface area contributed by atoms with Gasteiger partial charge in [0.1, 0.15) is 6.10 Å². The molecule has 0 spiro atoms. The van der Waals surface area contributed by atoms with Crippen molar-refractivity contribution < 1.29 is 15.0 Å². The number of aliphatic hydroxyl groups excluding tert-OH is 2. The summed E-state index contributed by atoms with van der Waals surface area (Å²) in [5, 5.41) is 18.1. The van der Waals surface area contributed by atoms with Crippen LogP contribution >= 0.6 is 0 Å². The summed E-state index contributed by atoms with van der Waals surface area (Å²) in [5.41, 5.74) is 0. The van der Waals surface area contributed by atoms with E-state index >= 15 is 0 Å². The van der Waals surface area contributed by atoms with E-state index in [-0.39, 0.29) is 11.7 Å². The Morgan fingerprint density at radius 1 is 1.30 bits per heavy atom. The van der Waals surface area contributed by atoms with Crippen molar-refractivity contribution in [2.24, 2.45) is 5.92 Å². The Hall–Kier alpha value is -0.410. The fourth-order valence-electron chi connectivity index (χ4n) is 0.605. The van der Waals surface area contributed by atoms with Gasteiger partial charge in [0.2, 0.25) is 0 Å². The van der Waals surface area contributed by atoms with Gasteiger partial charge in [-0.15, -0.1) is 0 Å². The fourth-order valence-corrected chi connectivity index (χ4v) is 0.605. The quantitative estimate of drug-likeness (QED) is 0.587. The summed E-state index contributed by atoms with van der Waals surface area (Å²) in [7, 11) is 0. The van der Waals surface area contributed by atoms with Crippen LogP contribution in [0.2, 0.25) is 0 Å². The van der Waals surface area contributed by atoms with Crippen LogP contribution in [0.3, 0.4) is 0 Å². The van der Waals surface area contributed by atoms with Crippen LogP contribution in [0.25, 0.3) is 0 Å². The van der Waals surface area contributed by atoms with E-state index in [0.717, 1.165) is 0 Å². The van der Waals surface area contributed by atoms with Crippen molar-refractivity contribution in [2.75, 3.05) is 0 Å². The van der Waals surface area contributed by atoms with Crippen LogP contribution in [-0.4, -0.2) is 28.2 Å². The zero-order valence-corrected chi connectivity index (χ0v) is 6.53. The number of carbonyl (C=O) groups is 1. The van der Waals surface area contributed by atoms with Crippen molar-refractivity contribution in [3.8, 4) is 0 Å². The molecule has 0 aliphatic carbocycles. The molecule has 0 bridgehead atoms. The van der Waals surface area contributed by atoms with Gasteiger partial charge in [-0.2, -0.15) is 0 Å². The van der Waals surface area contributed by atoms with E-state index in [4.69, 9.17) is 10.2 Å². The van der Waals surface area contributed by atoms with Crippen LogP contribution in [0.5, 0.6) is 0 Å². The van der Waals surface area contributed by atoms with Crippen LogP contribution < -0.4 is 0 Å². The number of Topliss-reactive ketones (excluding diaryl/α,β-unsaturated/α-hetero) is 1. The number of hydrogen-bond acceptors (Lipinski definition) is 3. The van der Waals surface area contributed by atoms with Gasteiger partial charge in [0.15, 0.2) is 5.78 Å². The first kappa shape index (κ1) is 9.59. The Bertz CT molecular complexity index is 120. The predicted molar refractivity (Wildman–Crippen MR) is 37.5 cm³/mol. The molecular formula is C7H14O3. The lowest BCUT2D eigenvalue weighted by Crippen LogP contribution is -2.35. The molecule has 10 heavy (non-hydrogen) atoms. The lowest BCUT2D eigenvalue weighted by Gasteiger charge is -2.17. The molecule has 0 heterocycles. The van der Waals surface area contributed by atoms with E-state index in [9.17, 15) is 4.79 Å². The average molecular weight is 146 g/mol. The second kappa shape index (κ2) is 3.68. The molecule has 0 unspecified atom stereocenters. The van der Waals surface area contributed by atoms with Crippen molar-refractivity contribution in [3.05, 3.63) is 0 Å². The Balaban J connectivity index is 3.94. The summed E-state index contributed by atoms with van der Waals surface area (Å²) in [5.74, 6) is -0.472. The lowest BCUT2D eigenvalue weighted by atomic mass is 10.00. The molecule has 0 rings (SSSR count). The van der Waals surface area contributed by atoms with Gasteiger partial charge in [0.05, 0.1) is 6.10 Å². The summed E-state index contributed by atoms with van der Waals surface area (Å²) in [6.07, 6.45) is -2.16. The SMILES string of the molecule is CC(=O)[C@H](O)[C@H](O)C(C)C. The maximum Gasteiger partial charge on any atom is 0.160 e. The number of carbonyl (C=O) groups excluding carboxylic acids is 1. The summed E-state index contributed by atoms with van der Waals surface area (Å²) in [6.45, 7) is 4.75. The summed E-state index contributed by atoms with van der Waals surface area (Å²) in [4.78, 5) is 10.5. The van der Waals surface area contributed by atoms with Crippen LogP contribution in [-0.2, 0) is 4.79 Å². The third-order valence-corrected chi connectivity index (χ3v) is 1.42. The third kappa shape index (κ3) is 2.45. The summed E-state index contributed by atoms with van der Waals surface area (Å²) in [6, 6.07) is 0. The molecule has 0 saturated carbocycles. The Morgan fingerprint density at radius 3 is 1.80 bits per heavy atom. The molecule has 2 N–H and O–H groups in total. The Labute approximate surface area is 60.7 Å². The molecule has 60 valence electrons. The highest BCUT2D eigenvalue weighted by molar-refractivity contribution is 5.80. The molecule has 0 saturated heterocycles. The highest BCUT2D eigenvalue weighted by Crippen LogP contribution is 2.06. The third-order valence-electron chi connectivity index (χ3n) is 1.42. The number of hydrogen-bond donors (Lipinski definition) is 2. The predicted octanol–water partition coefficient (Wildman–Crippen LogP) is -0.0468. The molecule has 0 radical (unpaired) electrons. The minimum absolute atomic E-state index is 0.0844. The maximum atomic E-state index is 10.5. The second-order valence-electron chi connectivity index (χ2n) is 2.79. The standard InChI is InChI=1S/C7H14O3/c1-4(2)6(9)7(10)5(3)8/h4,6-7,9-10H,1-3H3/t6-,7+/m1/s1. The molecule has 2 atom stereocenters. The monoisotopic (exact) mass is 146 g/mol. The van der Waals surface area contributed by atoms with Crippen molar-refractivity contribution in [3.63, 3.8) is 0 Å². The average Bonchev–Trinajstić information content (AvgIpc) is 1.84. The Morgan fingerprint density at radius 2 is 1.70 bits per heavy atom.